The summed E-state index contributed by atoms with van der Waals surface area (Å²) >= 11 is 7.24. The number of hydrogen-bond donors (Lipinski definition) is 0. The average Bonchev–Trinajstić information content (AvgIpc) is 3.18. The number of halogens is 1. The molecule has 0 aliphatic carbocycles. The highest BCUT2D eigenvalue weighted by Crippen LogP contribution is 2.27. The lowest BCUT2D eigenvalue weighted by atomic mass is 10.1. The van der Waals surface area contributed by atoms with Gasteiger partial charge in [-0.15, -0.1) is 10.2 Å². The fourth-order valence-electron chi connectivity index (χ4n) is 2.68. The minimum Gasteiger partial charge on any atom is -0.293 e. The molecule has 138 valence electrons. The lowest BCUT2D eigenvalue weighted by Gasteiger charge is -2.09. The number of thioether (sulfide) groups is 1. The van der Waals surface area contributed by atoms with Crippen LogP contribution in [0.3, 0.4) is 0 Å². The molecule has 0 aliphatic rings. The first kappa shape index (κ1) is 18.4. The molecule has 2 aromatic heterocycles. The number of pyridine rings is 1. The van der Waals surface area contributed by atoms with E-state index in [1.165, 1.54) is 11.8 Å². The normalized spacial score (nSPS) is 10.8. The van der Waals surface area contributed by atoms with Gasteiger partial charge in [-0.25, -0.2) is 0 Å². The number of carbonyl (C=O) groups excluding carboxylic acids is 1. The second-order valence-electron chi connectivity index (χ2n) is 5.91. The quantitative estimate of drug-likeness (QED) is 0.334. The van der Waals surface area contributed by atoms with Crippen molar-refractivity contribution in [2.45, 2.75) is 5.16 Å². The molecular weight excluding hydrogens is 392 g/mol. The third-order valence-corrected chi connectivity index (χ3v) is 5.22. The van der Waals surface area contributed by atoms with Crippen LogP contribution in [0.25, 0.3) is 17.2 Å². The van der Waals surface area contributed by atoms with E-state index in [9.17, 15) is 4.79 Å². The molecule has 0 fully saturated rings. The summed E-state index contributed by atoms with van der Waals surface area (Å²) in [5, 5.41) is 9.88. The summed E-state index contributed by atoms with van der Waals surface area (Å²) in [5.41, 5.74) is 2.25. The molecule has 28 heavy (non-hydrogen) atoms. The smallest absolute Gasteiger partial charge is 0.196 e. The van der Waals surface area contributed by atoms with Gasteiger partial charge in [-0.3, -0.25) is 14.3 Å². The molecule has 0 amide bonds. The van der Waals surface area contributed by atoms with Gasteiger partial charge in [0.1, 0.15) is 5.69 Å². The van der Waals surface area contributed by atoms with Crippen molar-refractivity contribution < 1.29 is 4.79 Å². The van der Waals surface area contributed by atoms with Gasteiger partial charge in [0.05, 0.1) is 5.75 Å². The standard InChI is InChI=1S/C21H15ClN4OS/c22-16-11-9-15(10-12-16)19(27)14-28-21-25-24-20(18-8-4-5-13-23-18)26(21)17-6-2-1-3-7-17/h1-13H,14H2. The molecule has 0 saturated heterocycles. The highest BCUT2D eigenvalue weighted by Gasteiger charge is 2.18. The number of rotatable bonds is 6. The Kier molecular flexibility index (Phi) is 5.50. The summed E-state index contributed by atoms with van der Waals surface area (Å²) < 4.78 is 1.92. The Balaban J connectivity index is 1.65. The lowest BCUT2D eigenvalue weighted by Crippen LogP contribution is -2.05. The van der Waals surface area contributed by atoms with Crippen molar-refractivity contribution in [1.82, 2.24) is 19.7 Å². The molecule has 2 heterocycles. The number of Topliss-reactive ketones (excluding diaryl/α,β-unsaturated/α-hetero) is 1. The lowest BCUT2D eigenvalue weighted by molar-refractivity contribution is 0.102. The highest BCUT2D eigenvalue weighted by atomic mass is 35.5. The van der Waals surface area contributed by atoms with Gasteiger partial charge in [0.25, 0.3) is 0 Å². The first-order valence-corrected chi connectivity index (χ1v) is 9.92. The van der Waals surface area contributed by atoms with Crippen molar-refractivity contribution in [3.05, 3.63) is 89.6 Å². The molecule has 0 aliphatic heterocycles. The highest BCUT2D eigenvalue weighted by molar-refractivity contribution is 7.99. The van der Waals surface area contributed by atoms with Crippen LogP contribution in [-0.4, -0.2) is 31.3 Å². The Morgan fingerprint density at radius 3 is 2.39 bits per heavy atom. The van der Waals surface area contributed by atoms with Crippen molar-refractivity contribution >= 4 is 29.1 Å². The van der Waals surface area contributed by atoms with Gasteiger partial charge in [0.2, 0.25) is 0 Å². The van der Waals surface area contributed by atoms with Gasteiger partial charge >= 0.3 is 0 Å². The maximum absolute atomic E-state index is 12.5. The van der Waals surface area contributed by atoms with E-state index in [1.54, 1.807) is 30.5 Å². The molecule has 0 saturated carbocycles. The van der Waals surface area contributed by atoms with E-state index in [4.69, 9.17) is 11.6 Å². The van der Waals surface area contributed by atoms with Gasteiger partial charge in [0.15, 0.2) is 16.8 Å². The SMILES string of the molecule is O=C(CSc1nnc(-c2ccccn2)n1-c1ccccc1)c1ccc(Cl)cc1. The number of nitrogens with zero attached hydrogens (tertiary/aromatic N) is 4. The van der Waals surface area contributed by atoms with Crippen molar-refractivity contribution in [2.75, 3.05) is 5.75 Å². The molecule has 0 N–H and O–H groups in total. The molecule has 2 aromatic carbocycles. The molecule has 0 atom stereocenters. The zero-order valence-electron chi connectivity index (χ0n) is 14.7. The van der Waals surface area contributed by atoms with Gasteiger partial charge in [-0.2, -0.15) is 0 Å². The van der Waals surface area contributed by atoms with Crippen LogP contribution >= 0.6 is 23.4 Å². The van der Waals surface area contributed by atoms with Gasteiger partial charge < -0.3 is 0 Å². The fourth-order valence-corrected chi connectivity index (χ4v) is 3.66. The third-order valence-electron chi connectivity index (χ3n) is 4.04. The van der Waals surface area contributed by atoms with Crippen LogP contribution in [0.5, 0.6) is 0 Å². The summed E-state index contributed by atoms with van der Waals surface area (Å²) in [6.07, 6.45) is 1.72. The Hall–Kier alpha value is -2.96. The second kappa shape index (κ2) is 8.37. The first-order valence-electron chi connectivity index (χ1n) is 8.56. The molecule has 4 aromatic rings. The van der Waals surface area contributed by atoms with Crippen molar-refractivity contribution in [2.24, 2.45) is 0 Å². The van der Waals surface area contributed by atoms with Crippen molar-refractivity contribution in [3.8, 4) is 17.2 Å². The predicted octanol–water partition coefficient (Wildman–Crippen LogP) is 4.96. The molecule has 7 heteroatoms. The van der Waals surface area contributed by atoms with Gasteiger partial charge in [-0.1, -0.05) is 47.6 Å². The van der Waals surface area contributed by atoms with E-state index in [0.717, 1.165) is 11.4 Å². The van der Waals surface area contributed by atoms with E-state index in [0.29, 0.717) is 21.6 Å². The Bertz CT molecular complexity index is 1080. The molecule has 0 unspecified atom stereocenters. The number of hydrogen-bond acceptors (Lipinski definition) is 5. The largest absolute Gasteiger partial charge is 0.293 e. The third kappa shape index (κ3) is 3.98. The summed E-state index contributed by atoms with van der Waals surface area (Å²) in [6, 6.07) is 22.3. The molecule has 0 radical (unpaired) electrons. The van der Waals surface area contributed by atoms with Crippen LogP contribution in [-0.2, 0) is 0 Å². The van der Waals surface area contributed by atoms with Crippen LogP contribution < -0.4 is 0 Å². The zero-order chi connectivity index (χ0) is 19.3. The number of aromatic nitrogens is 4. The van der Waals surface area contributed by atoms with Crippen molar-refractivity contribution in [1.29, 1.82) is 0 Å². The number of para-hydroxylation sites is 1. The van der Waals surface area contributed by atoms with E-state index >= 15 is 0 Å². The maximum atomic E-state index is 12.5. The van der Waals surface area contributed by atoms with E-state index in [-0.39, 0.29) is 11.5 Å². The number of ketones is 1. The van der Waals surface area contributed by atoms with Gasteiger partial charge in [-0.05, 0) is 48.5 Å². The summed E-state index contributed by atoms with van der Waals surface area (Å²) in [6.45, 7) is 0. The Labute approximate surface area is 171 Å². The first-order chi connectivity index (χ1) is 13.7. The summed E-state index contributed by atoms with van der Waals surface area (Å²) in [5.74, 6) is 0.881. The molecule has 0 bridgehead atoms. The minimum absolute atomic E-state index is 0.00339. The maximum Gasteiger partial charge on any atom is 0.196 e. The van der Waals surface area contributed by atoms with Crippen LogP contribution in [0.1, 0.15) is 10.4 Å². The molecule has 4 rings (SSSR count). The molecule has 5 nitrogen and oxygen atoms in total. The van der Waals surface area contributed by atoms with Crippen molar-refractivity contribution in [3.63, 3.8) is 0 Å². The summed E-state index contributed by atoms with van der Waals surface area (Å²) in [7, 11) is 0. The van der Waals surface area contributed by atoms with Crippen LogP contribution in [0.15, 0.2) is 84.1 Å². The molecular formula is C21H15ClN4OS. The van der Waals surface area contributed by atoms with E-state index in [1.807, 2.05) is 53.1 Å². The minimum atomic E-state index is 0.00339. The molecule has 0 spiro atoms. The number of benzene rings is 2. The van der Waals surface area contributed by atoms with E-state index in [2.05, 4.69) is 15.2 Å². The fraction of sp³-hybridized carbons (Fsp3) is 0.0476. The zero-order valence-corrected chi connectivity index (χ0v) is 16.3. The summed E-state index contributed by atoms with van der Waals surface area (Å²) in [4.78, 5) is 16.9. The number of carbonyl (C=O) groups is 1. The van der Waals surface area contributed by atoms with Crippen LogP contribution in [0.4, 0.5) is 0 Å². The van der Waals surface area contributed by atoms with E-state index < -0.39 is 0 Å². The monoisotopic (exact) mass is 406 g/mol. The second-order valence-corrected chi connectivity index (χ2v) is 7.29. The predicted molar refractivity (Wildman–Crippen MR) is 111 cm³/mol. The van der Waals surface area contributed by atoms with Crippen LogP contribution in [0, 0.1) is 0 Å². The average molecular weight is 407 g/mol. The van der Waals surface area contributed by atoms with Gasteiger partial charge in [0, 0.05) is 22.5 Å². The Morgan fingerprint density at radius 2 is 1.68 bits per heavy atom. The Morgan fingerprint density at radius 1 is 0.929 bits per heavy atom. The van der Waals surface area contributed by atoms with Crippen LogP contribution in [0.2, 0.25) is 5.02 Å². The topological polar surface area (TPSA) is 60.7 Å².